The number of hydrogen-bond donors (Lipinski definition) is 2. The van der Waals surface area contributed by atoms with Gasteiger partial charge in [0.2, 0.25) is 0 Å². The number of benzene rings is 2. The maximum atomic E-state index is 11.8. The number of carbonyl (C=O) groups is 1. The number of anilines is 2. The van der Waals surface area contributed by atoms with Crippen molar-refractivity contribution in [3.8, 4) is 0 Å². The van der Waals surface area contributed by atoms with Crippen LogP contribution in [0, 0.1) is 0 Å². The summed E-state index contributed by atoms with van der Waals surface area (Å²) in [6, 6.07) is 14.7. The predicted molar refractivity (Wildman–Crippen MR) is 104 cm³/mol. The van der Waals surface area contributed by atoms with Gasteiger partial charge >= 0.3 is 6.03 Å². The first-order valence-corrected chi connectivity index (χ1v) is 8.79. The van der Waals surface area contributed by atoms with Crippen LogP contribution in [0.5, 0.6) is 0 Å². The third-order valence-electron chi connectivity index (χ3n) is 4.08. The van der Waals surface area contributed by atoms with E-state index >= 15 is 0 Å². The lowest BCUT2D eigenvalue weighted by Crippen LogP contribution is -2.29. The van der Waals surface area contributed by atoms with E-state index in [1.54, 1.807) is 30.5 Å². The van der Waals surface area contributed by atoms with Gasteiger partial charge in [0.1, 0.15) is 0 Å². The van der Waals surface area contributed by atoms with Crippen molar-refractivity contribution < 1.29 is 4.79 Å². The number of hydrazone groups is 1. The van der Waals surface area contributed by atoms with Crippen LogP contribution in [-0.4, -0.2) is 25.3 Å². The van der Waals surface area contributed by atoms with Gasteiger partial charge in [-0.1, -0.05) is 29.8 Å². The van der Waals surface area contributed by atoms with E-state index in [1.807, 2.05) is 12.1 Å². The SMILES string of the molecule is O=C(N/N=C/c1ccc(N2CCCCC2)cc1)Nc1cccc(Cl)c1. The van der Waals surface area contributed by atoms with Gasteiger partial charge in [-0.3, -0.25) is 0 Å². The molecule has 0 aromatic heterocycles. The lowest BCUT2D eigenvalue weighted by molar-refractivity contribution is 0.252. The Balaban J connectivity index is 1.50. The van der Waals surface area contributed by atoms with Crippen molar-refractivity contribution in [2.75, 3.05) is 23.3 Å². The normalized spacial score (nSPS) is 14.5. The summed E-state index contributed by atoms with van der Waals surface area (Å²) >= 11 is 5.88. The van der Waals surface area contributed by atoms with Crippen LogP contribution < -0.4 is 15.6 Å². The van der Waals surface area contributed by atoms with Gasteiger partial charge < -0.3 is 10.2 Å². The van der Waals surface area contributed by atoms with Gasteiger partial charge in [-0.05, 0) is 55.2 Å². The predicted octanol–water partition coefficient (Wildman–Crippen LogP) is 4.49. The van der Waals surface area contributed by atoms with Crippen molar-refractivity contribution in [2.24, 2.45) is 5.10 Å². The molecule has 6 heteroatoms. The Kier molecular flexibility index (Phi) is 5.90. The first kappa shape index (κ1) is 17.3. The minimum atomic E-state index is -0.413. The van der Waals surface area contributed by atoms with Gasteiger partial charge in [0.05, 0.1) is 6.21 Å². The molecule has 130 valence electrons. The second-order valence-electron chi connectivity index (χ2n) is 5.97. The molecule has 0 saturated carbocycles. The fraction of sp³-hybridized carbons (Fsp3) is 0.263. The second kappa shape index (κ2) is 8.53. The molecule has 0 radical (unpaired) electrons. The highest BCUT2D eigenvalue weighted by molar-refractivity contribution is 6.30. The van der Waals surface area contributed by atoms with E-state index in [9.17, 15) is 4.79 Å². The molecule has 0 atom stereocenters. The minimum Gasteiger partial charge on any atom is -0.372 e. The summed E-state index contributed by atoms with van der Waals surface area (Å²) in [5.41, 5.74) is 5.23. The molecule has 1 aliphatic rings. The van der Waals surface area contributed by atoms with Crippen molar-refractivity contribution in [2.45, 2.75) is 19.3 Å². The Hall–Kier alpha value is -2.53. The Bertz CT molecular complexity index is 739. The fourth-order valence-corrected chi connectivity index (χ4v) is 3.00. The fourth-order valence-electron chi connectivity index (χ4n) is 2.81. The maximum absolute atomic E-state index is 11.8. The summed E-state index contributed by atoms with van der Waals surface area (Å²) in [6.45, 7) is 2.25. The summed E-state index contributed by atoms with van der Waals surface area (Å²) < 4.78 is 0. The van der Waals surface area contributed by atoms with Crippen LogP contribution >= 0.6 is 11.6 Å². The van der Waals surface area contributed by atoms with Crippen LogP contribution in [0.4, 0.5) is 16.2 Å². The van der Waals surface area contributed by atoms with Crippen molar-refractivity contribution in [3.63, 3.8) is 0 Å². The zero-order chi connectivity index (χ0) is 17.5. The van der Waals surface area contributed by atoms with E-state index in [2.05, 4.69) is 32.9 Å². The zero-order valence-electron chi connectivity index (χ0n) is 13.9. The standard InChI is InChI=1S/C19H21ClN4O/c20-16-5-4-6-17(13-16)22-19(25)23-21-14-15-7-9-18(10-8-15)24-11-2-1-3-12-24/h4-10,13-14H,1-3,11-12H2,(H2,22,23,25)/b21-14+. The van der Waals surface area contributed by atoms with E-state index in [4.69, 9.17) is 11.6 Å². The lowest BCUT2D eigenvalue weighted by Gasteiger charge is -2.28. The number of nitrogens with one attached hydrogen (secondary N) is 2. The van der Waals surface area contributed by atoms with Crippen molar-refractivity contribution >= 4 is 35.2 Å². The molecule has 2 N–H and O–H groups in total. The second-order valence-corrected chi connectivity index (χ2v) is 6.41. The van der Waals surface area contributed by atoms with Gasteiger partial charge in [0.15, 0.2) is 0 Å². The number of hydrogen-bond acceptors (Lipinski definition) is 3. The van der Waals surface area contributed by atoms with Crippen LogP contribution in [-0.2, 0) is 0 Å². The van der Waals surface area contributed by atoms with Crippen molar-refractivity contribution in [1.29, 1.82) is 0 Å². The molecule has 1 saturated heterocycles. The van der Waals surface area contributed by atoms with Crippen LogP contribution in [0.1, 0.15) is 24.8 Å². The summed E-state index contributed by atoms with van der Waals surface area (Å²) in [4.78, 5) is 14.2. The molecule has 25 heavy (non-hydrogen) atoms. The quantitative estimate of drug-likeness (QED) is 0.626. The van der Waals surface area contributed by atoms with Crippen LogP contribution in [0.15, 0.2) is 53.6 Å². The molecule has 0 aliphatic carbocycles. The highest BCUT2D eigenvalue weighted by Crippen LogP contribution is 2.19. The molecular weight excluding hydrogens is 336 g/mol. The molecular formula is C19H21ClN4O. The average Bonchev–Trinajstić information content (AvgIpc) is 2.63. The summed E-state index contributed by atoms with van der Waals surface area (Å²) in [5, 5.41) is 7.20. The van der Waals surface area contributed by atoms with E-state index in [1.165, 1.54) is 24.9 Å². The van der Waals surface area contributed by atoms with E-state index in [0.29, 0.717) is 10.7 Å². The Morgan fingerprint density at radius 3 is 2.56 bits per heavy atom. The molecule has 2 aromatic carbocycles. The molecule has 5 nitrogen and oxygen atoms in total. The van der Waals surface area contributed by atoms with E-state index in [0.717, 1.165) is 18.7 Å². The van der Waals surface area contributed by atoms with E-state index in [-0.39, 0.29) is 0 Å². The third-order valence-corrected chi connectivity index (χ3v) is 4.31. The van der Waals surface area contributed by atoms with Gasteiger partial charge in [0, 0.05) is 29.5 Å². The Morgan fingerprint density at radius 2 is 1.84 bits per heavy atom. The zero-order valence-corrected chi connectivity index (χ0v) is 14.7. The smallest absolute Gasteiger partial charge is 0.339 e. The average molecular weight is 357 g/mol. The topological polar surface area (TPSA) is 56.7 Å². The Labute approximate surface area is 152 Å². The third kappa shape index (κ3) is 5.22. The van der Waals surface area contributed by atoms with Gasteiger partial charge in [-0.2, -0.15) is 5.10 Å². The molecule has 2 amide bonds. The van der Waals surface area contributed by atoms with Crippen LogP contribution in [0.3, 0.4) is 0 Å². The van der Waals surface area contributed by atoms with Gasteiger partial charge in [0.25, 0.3) is 0 Å². The van der Waals surface area contributed by atoms with Crippen molar-refractivity contribution in [3.05, 3.63) is 59.1 Å². The number of halogens is 1. The number of nitrogens with zero attached hydrogens (tertiary/aromatic N) is 2. The monoisotopic (exact) mass is 356 g/mol. The van der Waals surface area contributed by atoms with Crippen molar-refractivity contribution in [1.82, 2.24) is 5.43 Å². The summed E-state index contributed by atoms with van der Waals surface area (Å²) in [7, 11) is 0. The minimum absolute atomic E-state index is 0.413. The first-order chi connectivity index (χ1) is 12.2. The molecule has 1 aliphatic heterocycles. The number of urea groups is 1. The summed E-state index contributed by atoms with van der Waals surface area (Å²) in [6.07, 6.45) is 5.46. The molecule has 2 aromatic rings. The molecule has 0 bridgehead atoms. The summed E-state index contributed by atoms with van der Waals surface area (Å²) in [5.74, 6) is 0. The van der Waals surface area contributed by atoms with Crippen LogP contribution in [0.25, 0.3) is 0 Å². The maximum Gasteiger partial charge on any atom is 0.339 e. The number of carbonyl (C=O) groups excluding carboxylic acids is 1. The van der Waals surface area contributed by atoms with Gasteiger partial charge in [-0.15, -0.1) is 0 Å². The van der Waals surface area contributed by atoms with Gasteiger partial charge in [-0.25, -0.2) is 10.2 Å². The lowest BCUT2D eigenvalue weighted by atomic mass is 10.1. The highest BCUT2D eigenvalue weighted by Gasteiger charge is 2.10. The molecule has 0 spiro atoms. The number of piperidine rings is 1. The van der Waals surface area contributed by atoms with Crippen LogP contribution in [0.2, 0.25) is 5.02 Å². The first-order valence-electron chi connectivity index (χ1n) is 8.41. The number of rotatable bonds is 4. The molecule has 3 rings (SSSR count). The highest BCUT2D eigenvalue weighted by atomic mass is 35.5. The van der Waals surface area contributed by atoms with E-state index < -0.39 is 6.03 Å². The molecule has 0 unspecified atom stereocenters. The Morgan fingerprint density at radius 1 is 1.08 bits per heavy atom. The molecule has 1 heterocycles. The largest absolute Gasteiger partial charge is 0.372 e. The molecule has 1 fully saturated rings. The number of amides is 2.